The number of nitrogens with one attached hydrogen (secondary N) is 1. The molecule has 1 heterocycles. The first kappa shape index (κ1) is 26.3. The second-order valence-corrected chi connectivity index (χ2v) is 8.90. The Bertz CT molecular complexity index is 1250. The number of carbonyl (C=O) groups is 1. The van der Waals surface area contributed by atoms with Gasteiger partial charge in [0, 0.05) is 24.7 Å². The smallest absolute Gasteiger partial charge is 0.234 e. The molecule has 0 saturated heterocycles. The Morgan fingerprint density at radius 3 is 2.30 bits per heavy atom. The number of nitrogens with zero attached hydrogens (tertiary/aromatic N) is 1. The van der Waals surface area contributed by atoms with Crippen molar-refractivity contribution in [1.29, 1.82) is 0 Å². The van der Waals surface area contributed by atoms with Crippen molar-refractivity contribution < 1.29 is 28.1 Å². The second-order valence-electron chi connectivity index (χ2n) is 8.90. The van der Waals surface area contributed by atoms with Gasteiger partial charge in [0.15, 0.2) is 23.0 Å². The Balaban J connectivity index is 1.61. The third kappa shape index (κ3) is 5.97. The lowest BCUT2D eigenvalue weighted by Crippen LogP contribution is -2.43. The quantitative estimate of drug-likeness (QED) is 0.440. The SMILES string of the molecule is COc1ccc(CC2c3cc(OC)c(OC)cc3CCN2CC(=O)NCc2ccccc2F)cc1OC. The largest absolute Gasteiger partial charge is 0.493 e. The number of ether oxygens (including phenoxy) is 4. The minimum Gasteiger partial charge on any atom is -0.493 e. The van der Waals surface area contributed by atoms with Crippen molar-refractivity contribution in [2.45, 2.75) is 25.4 Å². The number of rotatable bonds is 10. The van der Waals surface area contributed by atoms with Crippen LogP contribution in [0.25, 0.3) is 0 Å². The Labute approximate surface area is 217 Å². The summed E-state index contributed by atoms with van der Waals surface area (Å²) in [5.41, 5.74) is 3.74. The van der Waals surface area contributed by atoms with Gasteiger partial charge in [-0.2, -0.15) is 0 Å². The zero-order valence-corrected chi connectivity index (χ0v) is 21.7. The third-order valence-corrected chi connectivity index (χ3v) is 6.77. The highest BCUT2D eigenvalue weighted by atomic mass is 19.1. The Morgan fingerprint density at radius 2 is 1.59 bits per heavy atom. The number of methoxy groups -OCH3 is 4. The maximum Gasteiger partial charge on any atom is 0.234 e. The molecule has 1 atom stereocenters. The molecule has 0 spiro atoms. The van der Waals surface area contributed by atoms with E-state index in [0.29, 0.717) is 41.5 Å². The summed E-state index contributed by atoms with van der Waals surface area (Å²) >= 11 is 0. The van der Waals surface area contributed by atoms with E-state index in [-0.39, 0.29) is 30.9 Å². The summed E-state index contributed by atoms with van der Waals surface area (Å²) in [6.07, 6.45) is 1.40. The van der Waals surface area contributed by atoms with Crippen LogP contribution in [0.15, 0.2) is 54.6 Å². The molecule has 0 radical (unpaired) electrons. The van der Waals surface area contributed by atoms with Gasteiger partial charge in [0.2, 0.25) is 5.91 Å². The van der Waals surface area contributed by atoms with Gasteiger partial charge >= 0.3 is 0 Å². The van der Waals surface area contributed by atoms with Crippen LogP contribution in [0.2, 0.25) is 0 Å². The van der Waals surface area contributed by atoms with Gasteiger partial charge in [-0.15, -0.1) is 0 Å². The van der Waals surface area contributed by atoms with Crippen molar-refractivity contribution in [3.8, 4) is 23.0 Å². The first-order valence-electron chi connectivity index (χ1n) is 12.2. The number of hydrogen-bond donors (Lipinski definition) is 1. The minimum atomic E-state index is -0.331. The average molecular weight is 509 g/mol. The lowest BCUT2D eigenvalue weighted by atomic mass is 9.88. The van der Waals surface area contributed by atoms with Crippen LogP contribution >= 0.6 is 0 Å². The van der Waals surface area contributed by atoms with Crippen molar-refractivity contribution in [1.82, 2.24) is 10.2 Å². The van der Waals surface area contributed by atoms with Crippen LogP contribution in [0.1, 0.15) is 28.3 Å². The summed E-state index contributed by atoms with van der Waals surface area (Å²) in [4.78, 5) is 15.1. The molecule has 0 aromatic heterocycles. The number of halogens is 1. The topological polar surface area (TPSA) is 69.3 Å². The number of hydrogen-bond acceptors (Lipinski definition) is 6. The molecule has 0 fully saturated rings. The average Bonchev–Trinajstić information content (AvgIpc) is 2.92. The molecule has 1 aliphatic heterocycles. The predicted octanol–water partition coefficient (Wildman–Crippen LogP) is 4.32. The van der Waals surface area contributed by atoms with Gasteiger partial charge in [-0.05, 0) is 59.9 Å². The molecule has 0 aliphatic carbocycles. The third-order valence-electron chi connectivity index (χ3n) is 6.77. The molecule has 0 saturated carbocycles. The van der Waals surface area contributed by atoms with Gasteiger partial charge in [-0.25, -0.2) is 4.39 Å². The summed E-state index contributed by atoms with van der Waals surface area (Å²) < 4.78 is 36.0. The Hall–Kier alpha value is -3.78. The summed E-state index contributed by atoms with van der Waals surface area (Å²) in [6, 6.07) is 16.2. The van der Waals surface area contributed by atoms with E-state index in [9.17, 15) is 9.18 Å². The fourth-order valence-electron chi connectivity index (χ4n) is 4.82. The summed E-state index contributed by atoms with van der Waals surface area (Å²) in [7, 11) is 6.46. The van der Waals surface area contributed by atoms with E-state index in [1.165, 1.54) is 6.07 Å². The number of carbonyl (C=O) groups excluding carboxylic acids is 1. The van der Waals surface area contributed by atoms with Gasteiger partial charge in [0.1, 0.15) is 5.82 Å². The van der Waals surface area contributed by atoms with Crippen LogP contribution < -0.4 is 24.3 Å². The maximum absolute atomic E-state index is 14.0. The normalized spacial score (nSPS) is 15.0. The predicted molar refractivity (Wildman–Crippen MR) is 139 cm³/mol. The molecular formula is C29H33FN2O5. The van der Waals surface area contributed by atoms with Crippen LogP contribution in [-0.2, 0) is 24.2 Å². The van der Waals surface area contributed by atoms with Crippen molar-refractivity contribution in [3.63, 3.8) is 0 Å². The molecule has 196 valence electrons. The molecular weight excluding hydrogens is 475 g/mol. The van der Waals surface area contributed by atoms with Gasteiger partial charge in [0.05, 0.1) is 35.0 Å². The first-order valence-corrected chi connectivity index (χ1v) is 12.2. The summed E-state index contributed by atoms with van der Waals surface area (Å²) in [5.74, 6) is 2.14. The van der Waals surface area contributed by atoms with Gasteiger partial charge in [0.25, 0.3) is 0 Å². The molecule has 1 N–H and O–H groups in total. The van der Waals surface area contributed by atoms with E-state index in [2.05, 4.69) is 10.2 Å². The van der Waals surface area contributed by atoms with Crippen molar-refractivity contribution in [3.05, 3.63) is 82.7 Å². The zero-order chi connectivity index (χ0) is 26.4. The second kappa shape index (κ2) is 12.0. The fourth-order valence-corrected chi connectivity index (χ4v) is 4.82. The molecule has 4 rings (SSSR count). The highest BCUT2D eigenvalue weighted by molar-refractivity contribution is 5.78. The van der Waals surface area contributed by atoms with E-state index >= 15 is 0 Å². The van der Waals surface area contributed by atoms with E-state index in [1.807, 2.05) is 30.3 Å². The van der Waals surface area contributed by atoms with Crippen LogP contribution in [0, 0.1) is 5.82 Å². The van der Waals surface area contributed by atoms with Crippen LogP contribution in [0.5, 0.6) is 23.0 Å². The number of benzene rings is 3. The van der Waals surface area contributed by atoms with Gasteiger partial charge < -0.3 is 24.3 Å². The molecule has 8 heteroatoms. The van der Waals surface area contributed by atoms with E-state index in [0.717, 1.165) is 23.1 Å². The van der Waals surface area contributed by atoms with Crippen LogP contribution in [0.3, 0.4) is 0 Å². The lowest BCUT2D eigenvalue weighted by Gasteiger charge is -2.37. The molecule has 3 aromatic rings. The standard InChI is InChI=1S/C29H33FN2O5/c1-34-25-10-9-19(14-26(25)35-2)13-24-22-16-28(37-4)27(36-3)15-20(22)11-12-32(24)18-29(33)31-17-21-7-5-6-8-23(21)30/h5-10,14-16,24H,11-13,17-18H2,1-4H3,(H,31,33). The van der Waals surface area contributed by atoms with Crippen molar-refractivity contribution in [2.75, 3.05) is 41.5 Å². The first-order chi connectivity index (χ1) is 18.0. The van der Waals surface area contributed by atoms with Crippen molar-refractivity contribution >= 4 is 5.91 Å². The number of fused-ring (bicyclic) bond motifs is 1. The van der Waals surface area contributed by atoms with E-state index in [1.54, 1.807) is 46.6 Å². The molecule has 3 aromatic carbocycles. The fraction of sp³-hybridized carbons (Fsp3) is 0.345. The summed E-state index contributed by atoms with van der Waals surface area (Å²) in [6.45, 7) is 1.01. The minimum absolute atomic E-state index is 0.0964. The highest BCUT2D eigenvalue weighted by Crippen LogP contribution is 2.40. The van der Waals surface area contributed by atoms with E-state index in [4.69, 9.17) is 18.9 Å². The Morgan fingerprint density at radius 1 is 0.919 bits per heavy atom. The van der Waals surface area contributed by atoms with Crippen LogP contribution in [-0.4, -0.2) is 52.3 Å². The molecule has 1 amide bonds. The lowest BCUT2D eigenvalue weighted by molar-refractivity contribution is -0.123. The molecule has 0 bridgehead atoms. The highest BCUT2D eigenvalue weighted by Gasteiger charge is 2.31. The van der Waals surface area contributed by atoms with Gasteiger partial charge in [-0.3, -0.25) is 9.69 Å². The molecule has 37 heavy (non-hydrogen) atoms. The Kier molecular flexibility index (Phi) is 8.50. The maximum atomic E-state index is 14.0. The van der Waals surface area contributed by atoms with Crippen molar-refractivity contribution in [2.24, 2.45) is 0 Å². The summed E-state index contributed by atoms with van der Waals surface area (Å²) in [5, 5.41) is 2.87. The molecule has 1 aliphatic rings. The zero-order valence-electron chi connectivity index (χ0n) is 21.7. The molecule has 7 nitrogen and oxygen atoms in total. The van der Waals surface area contributed by atoms with Crippen LogP contribution in [0.4, 0.5) is 4.39 Å². The monoisotopic (exact) mass is 508 g/mol. The number of amides is 1. The molecule has 1 unspecified atom stereocenters. The van der Waals surface area contributed by atoms with Gasteiger partial charge in [-0.1, -0.05) is 24.3 Å². The van der Waals surface area contributed by atoms with E-state index < -0.39 is 0 Å².